The first-order valence-electron chi connectivity index (χ1n) is 4.27. The number of hydrogen-bond acceptors (Lipinski definition) is 2. The fraction of sp³-hybridized carbons (Fsp3) is 0.556. The maximum atomic E-state index is 11.0. The number of allylic oxidation sites excluding steroid dienone is 1. The Hall–Kier alpha value is -1.32. The Morgan fingerprint density at radius 3 is 2.54 bits per heavy atom. The van der Waals surface area contributed by atoms with Crippen LogP contribution in [0.5, 0.6) is 0 Å². The van der Waals surface area contributed by atoms with Crippen molar-refractivity contribution in [3.05, 3.63) is 12.2 Å². The van der Waals surface area contributed by atoms with Gasteiger partial charge in [0.2, 0.25) is 5.91 Å². The Bertz CT molecular complexity index is 211. The van der Waals surface area contributed by atoms with Gasteiger partial charge < -0.3 is 10.4 Å². The lowest BCUT2D eigenvalue weighted by Gasteiger charge is -2.11. The predicted molar refractivity (Wildman–Crippen MR) is 49.3 cm³/mol. The number of rotatable bonds is 5. The van der Waals surface area contributed by atoms with E-state index < -0.39 is 12.0 Å². The van der Waals surface area contributed by atoms with E-state index in [2.05, 4.69) is 5.32 Å². The maximum absolute atomic E-state index is 11.0. The molecule has 0 aromatic rings. The van der Waals surface area contributed by atoms with Crippen LogP contribution < -0.4 is 5.32 Å². The van der Waals surface area contributed by atoms with Crippen LogP contribution in [0.1, 0.15) is 26.7 Å². The van der Waals surface area contributed by atoms with E-state index in [-0.39, 0.29) is 5.91 Å². The number of hydrogen-bond donors (Lipinski definition) is 2. The van der Waals surface area contributed by atoms with Gasteiger partial charge in [0.1, 0.15) is 6.04 Å². The van der Waals surface area contributed by atoms with Gasteiger partial charge in [-0.25, -0.2) is 4.79 Å². The second-order valence-electron chi connectivity index (χ2n) is 2.69. The summed E-state index contributed by atoms with van der Waals surface area (Å²) >= 11 is 0. The Labute approximate surface area is 77.6 Å². The van der Waals surface area contributed by atoms with Crippen LogP contribution in [0.4, 0.5) is 0 Å². The molecule has 1 amide bonds. The van der Waals surface area contributed by atoms with Gasteiger partial charge >= 0.3 is 5.97 Å². The normalized spacial score (nSPS) is 12.8. The van der Waals surface area contributed by atoms with E-state index >= 15 is 0 Å². The molecule has 0 bridgehead atoms. The Balaban J connectivity index is 4.09. The van der Waals surface area contributed by atoms with Crippen LogP contribution in [0.2, 0.25) is 0 Å². The fourth-order valence-corrected chi connectivity index (χ4v) is 0.917. The number of carbonyl (C=O) groups is 2. The highest BCUT2D eigenvalue weighted by Crippen LogP contribution is 1.96. The van der Waals surface area contributed by atoms with Gasteiger partial charge in [0.25, 0.3) is 0 Å². The molecule has 0 unspecified atom stereocenters. The molecule has 0 aliphatic rings. The highest BCUT2D eigenvalue weighted by Gasteiger charge is 2.16. The quantitative estimate of drug-likeness (QED) is 0.626. The van der Waals surface area contributed by atoms with Gasteiger partial charge in [0.05, 0.1) is 0 Å². The molecule has 2 N–H and O–H groups in total. The number of carboxylic acid groups (broad SMARTS) is 1. The molecule has 0 rings (SSSR count). The van der Waals surface area contributed by atoms with Crippen LogP contribution >= 0.6 is 0 Å². The monoisotopic (exact) mass is 185 g/mol. The maximum Gasteiger partial charge on any atom is 0.326 e. The Morgan fingerprint density at radius 2 is 2.15 bits per heavy atom. The molecule has 0 saturated heterocycles. The third kappa shape index (κ3) is 5.00. The zero-order valence-corrected chi connectivity index (χ0v) is 7.91. The van der Waals surface area contributed by atoms with Gasteiger partial charge in [-0.1, -0.05) is 19.4 Å². The molecule has 13 heavy (non-hydrogen) atoms. The van der Waals surface area contributed by atoms with Crippen molar-refractivity contribution < 1.29 is 14.7 Å². The SMILES string of the molecule is C/C=C/C(=O)N[C@@H](CCC)C(=O)O. The molecule has 1 atom stereocenters. The van der Waals surface area contributed by atoms with Crippen molar-refractivity contribution >= 4 is 11.9 Å². The summed E-state index contributed by atoms with van der Waals surface area (Å²) < 4.78 is 0. The van der Waals surface area contributed by atoms with Crippen molar-refractivity contribution in [1.29, 1.82) is 0 Å². The lowest BCUT2D eigenvalue weighted by molar-refractivity contribution is -0.141. The molecule has 4 nitrogen and oxygen atoms in total. The molecule has 0 fully saturated rings. The Kier molecular flexibility index (Phi) is 5.59. The van der Waals surface area contributed by atoms with E-state index in [9.17, 15) is 9.59 Å². The molecular weight excluding hydrogens is 170 g/mol. The number of nitrogens with one attached hydrogen (secondary N) is 1. The Morgan fingerprint density at radius 1 is 1.54 bits per heavy atom. The van der Waals surface area contributed by atoms with Crippen molar-refractivity contribution in [3.8, 4) is 0 Å². The molecule has 4 heteroatoms. The van der Waals surface area contributed by atoms with Crippen LogP contribution in [0, 0.1) is 0 Å². The van der Waals surface area contributed by atoms with E-state index in [0.717, 1.165) is 6.42 Å². The molecule has 74 valence electrons. The average molecular weight is 185 g/mol. The van der Waals surface area contributed by atoms with E-state index in [1.54, 1.807) is 13.0 Å². The lowest BCUT2D eigenvalue weighted by atomic mass is 10.1. The molecule has 0 aliphatic heterocycles. The zero-order valence-electron chi connectivity index (χ0n) is 7.91. The van der Waals surface area contributed by atoms with Crippen LogP contribution in [-0.4, -0.2) is 23.0 Å². The minimum atomic E-state index is -0.986. The summed E-state index contributed by atoms with van der Waals surface area (Å²) in [5.41, 5.74) is 0. The third-order valence-corrected chi connectivity index (χ3v) is 1.51. The minimum Gasteiger partial charge on any atom is -0.480 e. The molecule has 0 aromatic heterocycles. The van der Waals surface area contributed by atoms with E-state index in [1.165, 1.54) is 6.08 Å². The largest absolute Gasteiger partial charge is 0.480 e. The third-order valence-electron chi connectivity index (χ3n) is 1.51. The summed E-state index contributed by atoms with van der Waals surface area (Å²) in [5.74, 6) is -1.34. The van der Waals surface area contributed by atoms with Gasteiger partial charge in [0.15, 0.2) is 0 Å². The second kappa shape index (κ2) is 6.22. The molecule has 0 saturated carbocycles. The van der Waals surface area contributed by atoms with Gasteiger partial charge in [-0.15, -0.1) is 0 Å². The molecule has 0 aliphatic carbocycles. The lowest BCUT2D eigenvalue weighted by Crippen LogP contribution is -2.39. The minimum absolute atomic E-state index is 0.358. The van der Waals surface area contributed by atoms with Crippen LogP contribution in [0.25, 0.3) is 0 Å². The second-order valence-corrected chi connectivity index (χ2v) is 2.69. The van der Waals surface area contributed by atoms with Gasteiger partial charge in [-0.3, -0.25) is 4.79 Å². The average Bonchev–Trinajstić information content (AvgIpc) is 2.04. The summed E-state index contributed by atoms with van der Waals surface area (Å²) in [6.07, 6.45) is 4.07. The number of carboxylic acids is 1. The van der Waals surface area contributed by atoms with E-state index in [4.69, 9.17) is 5.11 Å². The topological polar surface area (TPSA) is 66.4 Å². The number of aliphatic carboxylic acids is 1. The number of amides is 1. The fourth-order valence-electron chi connectivity index (χ4n) is 0.917. The summed E-state index contributed by atoms with van der Waals surface area (Å²) in [6.45, 7) is 3.58. The van der Waals surface area contributed by atoms with Crippen LogP contribution in [0.15, 0.2) is 12.2 Å². The first kappa shape index (κ1) is 11.7. The van der Waals surface area contributed by atoms with Crippen molar-refractivity contribution in [2.75, 3.05) is 0 Å². The molecule has 0 aromatic carbocycles. The standard InChI is InChI=1S/C9H15NO3/c1-3-5-7(9(12)13)10-8(11)6-4-2/h4,6-7H,3,5H2,1-2H3,(H,10,11)(H,12,13)/b6-4+/t7-/m0/s1. The van der Waals surface area contributed by atoms with Gasteiger partial charge in [0, 0.05) is 0 Å². The smallest absolute Gasteiger partial charge is 0.326 e. The van der Waals surface area contributed by atoms with Crippen LogP contribution in [-0.2, 0) is 9.59 Å². The van der Waals surface area contributed by atoms with Crippen molar-refractivity contribution in [2.45, 2.75) is 32.7 Å². The summed E-state index contributed by atoms with van der Waals surface area (Å²) in [7, 11) is 0. The van der Waals surface area contributed by atoms with Gasteiger partial charge in [-0.2, -0.15) is 0 Å². The highest BCUT2D eigenvalue weighted by molar-refractivity contribution is 5.90. The zero-order chi connectivity index (χ0) is 10.3. The first-order chi connectivity index (χ1) is 6.11. The molecule has 0 spiro atoms. The van der Waals surface area contributed by atoms with Gasteiger partial charge in [-0.05, 0) is 19.4 Å². The van der Waals surface area contributed by atoms with E-state index in [0.29, 0.717) is 6.42 Å². The molecular formula is C9H15NO3. The van der Waals surface area contributed by atoms with Crippen LogP contribution in [0.3, 0.4) is 0 Å². The summed E-state index contributed by atoms with van der Waals surface area (Å²) in [6, 6.07) is -0.770. The number of carbonyl (C=O) groups excluding carboxylic acids is 1. The van der Waals surface area contributed by atoms with Crippen molar-refractivity contribution in [1.82, 2.24) is 5.32 Å². The molecule has 0 radical (unpaired) electrons. The molecule has 0 heterocycles. The van der Waals surface area contributed by atoms with Crippen molar-refractivity contribution in [3.63, 3.8) is 0 Å². The predicted octanol–water partition coefficient (Wildman–Crippen LogP) is 0.932. The van der Waals surface area contributed by atoms with E-state index in [1.807, 2.05) is 6.92 Å². The first-order valence-corrected chi connectivity index (χ1v) is 4.27. The summed E-state index contributed by atoms with van der Waals surface area (Å²) in [5, 5.41) is 11.1. The summed E-state index contributed by atoms with van der Waals surface area (Å²) in [4.78, 5) is 21.6. The van der Waals surface area contributed by atoms with Crippen molar-refractivity contribution in [2.24, 2.45) is 0 Å². The highest BCUT2D eigenvalue weighted by atomic mass is 16.4.